The molecule has 1 aliphatic heterocycles. The number of methoxy groups -OCH3 is 1. The lowest BCUT2D eigenvalue weighted by atomic mass is 9.97. The second-order valence-electron chi connectivity index (χ2n) is 13.4. The summed E-state index contributed by atoms with van der Waals surface area (Å²) in [5.74, 6) is 1.95. The van der Waals surface area contributed by atoms with Gasteiger partial charge in [0.05, 0.1) is 68.2 Å². The van der Waals surface area contributed by atoms with Crippen molar-refractivity contribution in [3.8, 4) is 22.6 Å². The maximum atomic E-state index is 13.6. The van der Waals surface area contributed by atoms with E-state index in [1.165, 1.54) is 16.1 Å². The Morgan fingerprint density at radius 1 is 1.02 bits per heavy atom. The fraction of sp³-hybridized carbons (Fsp3) is 0.317. The van der Waals surface area contributed by atoms with Gasteiger partial charge in [-0.3, -0.25) is 4.68 Å². The number of aromatic nitrogens is 3. The smallest absolute Gasteiger partial charge is 0.355 e. The van der Waals surface area contributed by atoms with Gasteiger partial charge in [-0.15, -0.1) is 11.8 Å². The number of fused-ring (bicyclic) bond motifs is 3. The zero-order chi connectivity index (χ0) is 38.9. The Morgan fingerprint density at radius 2 is 1.80 bits per heavy atom. The van der Waals surface area contributed by atoms with Gasteiger partial charge in [0, 0.05) is 46.1 Å². The van der Waals surface area contributed by atoms with E-state index < -0.39 is 16.0 Å². The molecule has 0 bridgehead atoms. The van der Waals surface area contributed by atoms with E-state index in [0.717, 1.165) is 43.9 Å². The SMILES string of the molecule is CCOC(=O)c1c(CCCOc2cc(SCc3ccc(OC)cc3)cc3ccccc23)c2ccc(Cl)c(-c3c(CO)nn4c3CN(S(C)(=O)=O)CC4)c2n1C. The molecule has 11 nitrogen and oxygen atoms in total. The van der Waals surface area contributed by atoms with Gasteiger partial charge in [0.1, 0.15) is 17.2 Å². The molecule has 0 amide bonds. The van der Waals surface area contributed by atoms with E-state index in [9.17, 15) is 18.3 Å². The molecule has 3 heterocycles. The maximum absolute atomic E-state index is 13.6. The summed E-state index contributed by atoms with van der Waals surface area (Å²) in [5, 5.41) is 18.4. The number of aliphatic hydroxyl groups excluding tert-OH is 1. The normalized spacial score (nSPS) is 13.3. The van der Waals surface area contributed by atoms with Crippen LogP contribution >= 0.6 is 23.4 Å². The van der Waals surface area contributed by atoms with E-state index in [0.29, 0.717) is 64.7 Å². The van der Waals surface area contributed by atoms with Gasteiger partial charge in [-0.05, 0) is 66.6 Å². The highest BCUT2D eigenvalue weighted by Crippen LogP contribution is 2.43. The summed E-state index contributed by atoms with van der Waals surface area (Å²) in [6.07, 6.45) is 2.27. The molecule has 55 heavy (non-hydrogen) atoms. The molecule has 0 radical (unpaired) electrons. The first-order valence-corrected chi connectivity index (χ1v) is 21.3. The number of esters is 1. The largest absolute Gasteiger partial charge is 0.497 e. The second kappa shape index (κ2) is 16.3. The number of carbonyl (C=O) groups is 1. The first kappa shape index (κ1) is 38.7. The summed E-state index contributed by atoms with van der Waals surface area (Å²) in [5.41, 5.74) is 5.18. The van der Waals surface area contributed by atoms with Gasteiger partial charge in [-0.2, -0.15) is 9.40 Å². The number of aryl methyl sites for hydroxylation is 2. The number of hydrogen-bond acceptors (Lipinski definition) is 9. The van der Waals surface area contributed by atoms with Crippen molar-refractivity contribution in [1.29, 1.82) is 0 Å². The fourth-order valence-electron chi connectivity index (χ4n) is 7.35. The van der Waals surface area contributed by atoms with Crippen molar-refractivity contribution >= 4 is 61.0 Å². The summed E-state index contributed by atoms with van der Waals surface area (Å²) >= 11 is 8.72. The third-order valence-corrected chi connectivity index (χ3v) is 12.6. The Hall–Kier alpha value is -4.53. The molecule has 6 aromatic rings. The standard InChI is InChI=1S/C41H43ClN4O7S2/c1-5-52-41(48)40-31(11-8-20-53-36-22-29(21-27-9-6-7-10-30(27)36)54-25-26-12-14-28(51-3)15-13-26)32-16-17-33(42)37(39(32)44(40)2)38-34(24-47)43-46-19-18-45(23-35(38)46)55(4,49)50/h6-7,9-10,12-17,21-22,47H,5,8,11,18-20,23-25H2,1-4H3. The number of halogens is 1. The molecule has 1 N–H and O–H groups in total. The van der Waals surface area contributed by atoms with Crippen LogP contribution in [0.5, 0.6) is 11.5 Å². The number of hydrogen-bond donors (Lipinski definition) is 1. The molecule has 0 saturated heterocycles. The monoisotopic (exact) mass is 802 g/mol. The molecule has 0 fully saturated rings. The molecule has 0 spiro atoms. The molecule has 288 valence electrons. The minimum absolute atomic E-state index is 0.0725. The summed E-state index contributed by atoms with van der Waals surface area (Å²) in [6.45, 7) is 2.65. The third-order valence-electron chi connectivity index (χ3n) is 9.95. The molecule has 0 aliphatic carbocycles. The molecule has 0 unspecified atom stereocenters. The van der Waals surface area contributed by atoms with Crippen LogP contribution in [0, 0.1) is 0 Å². The quantitative estimate of drug-likeness (QED) is 0.0674. The summed E-state index contributed by atoms with van der Waals surface area (Å²) < 4.78 is 47.5. The molecule has 4 aromatic carbocycles. The summed E-state index contributed by atoms with van der Waals surface area (Å²) in [4.78, 5) is 14.7. The Kier molecular flexibility index (Phi) is 11.5. The predicted molar refractivity (Wildman–Crippen MR) is 217 cm³/mol. The summed E-state index contributed by atoms with van der Waals surface area (Å²) in [7, 11) is -0.0368. The molecule has 14 heteroatoms. The molecule has 0 saturated carbocycles. The molecular weight excluding hydrogens is 760 g/mol. The van der Waals surface area contributed by atoms with Crippen LogP contribution in [-0.4, -0.2) is 71.3 Å². The van der Waals surface area contributed by atoms with Crippen molar-refractivity contribution in [3.05, 3.63) is 106 Å². The van der Waals surface area contributed by atoms with Crippen molar-refractivity contribution in [2.24, 2.45) is 7.05 Å². The molecular formula is C41H43ClN4O7S2. The average molecular weight is 803 g/mol. The van der Waals surface area contributed by atoms with Crippen LogP contribution in [0.2, 0.25) is 5.02 Å². The van der Waals surface area contributed by atoms with Crippen molar-refractivity contribution in [3.63, 3.8) is 0 Å². The number of aliphatic hydroxyl groups is 1. The highest BCUT2D eigenvalue weighted by molar-refractivity contribution is 7.98. The van der Waals surface area contributed by atoms with Crippen LogP contribution in [0.4, 0.5) is 0 Å². The zero-order valence-corrected chi connectivity index (χ0v) is 33.6. The second-order valence-corrected chi connectivity index (χ2v) is 16.8. The van der Waals surface area contributed by atoms with Crippen molar-refractivity contribution in [2.75, 3.05) is 33.1 Å². The van der Waals surface area contributed by atoms with Crippen LogP contribution in [0.3, 0.4) is 0 Å². The molecule has 7 rings (SSSR count). The van der Waals surface area contributed by atoms with E-state index in [1.807, 2.05) is 30.3 Å². The third kappa shape index (κ3) is 7.81. The highest BCUT2D eigenvalue weighted by atomic mass is 35.5. The number of thioether (sulfide) groups is 1. The zero-order valence-electron chi connectivity index (χ0n) is 31.2. The van der Waals surface area contributed by atoms with Gasteiger partial charge in [0.2, 0.25) is 10.0 Å². The van der Waals surface area contributed by atoms with Crippen LogP contribution in [0.1, 0.15) is 46.3 Å². The number of benzene rings is 4. The van der Waals surface area contributed by atoms with Crippen molar-refractivity contribution < 1.29 is 32.5 Å². The van der Waals surface area contributed by atoms with Gasteiger partial charge >= 0.3 is 5.97 Å². The van der Waals surface area contributed by atoms with Gasteiger partial charge in [-0.25, -0.2) is 13.2 Å². The van der Waals surface area contributed by atoms with Gasteiger partial charge in [0.25, 0.3) is 0 Å². The first-order valence-electron chi connectivity index (χ1n) is 18.1. The number of sulfonamides is 1. The van der Waals surface area contributed by atoms with Crippen LogP contribution in [0.25, 0.3) is 32.8 Å². The maximum Gasteiger partial charge on any atom is 0.355 e. The lowest BCUT2D eigenvalue weighted by Gasteiger charge is -2.26. The molecule has 0 atom stereocenters. The average Bonchev–Trinajstić information content (AvgIpc) is 3.69. The van der Waals surface area contributed by atoms with Crippen molar-refractivity contribution in [2.45, 2.75) is 50.1 Å². The van der Waals surface area contributed by atoms with Gasteiger partial charge in [0.15, 0.2) is 0 Å². The van der Waals surface area contributed by atoms with E-state index in [-0.39, 0.29) is 26.3 Å². The van der Waals surface area contributed by atoms with E-state index in [1.54, 1.807) is 48.2 Å². The number of nitrogens with zero attached hydrogens (tertiary/aromatic N) is 4. The minimum Gasteiger partial charge on any atom is -0.497 e. The van der Waals surface area contributed by atoms with Crippen LogP contribution < -0.4 is 9.47 Å². The molecule has 2 aromatic heterocycles. The van der Waals surface area contributed by atoms with Gasteiger partial charge in [-0.1, -0.05) is 54.1 Å². The van der Waals surface area contributed by atoms with E-state index >= 15 is 0 Å². The topological polar surface area (TPSA) is 125 Å². The lowest BCUT2D eigenvalue weighted by molar-refractivity contribution is 0.0514. The van der Waals surface area contributed by atoms with E-state index in [4.69, 9.17) is 25.8 Å². The molecule has 1 aliphatic rings. The van der Waals surface area contributed by atoms with Crippen LogP contribution in [-0.2, 0) is 53.7 Å². The van der Waals surface area contributed by atoms with Crippen molar-refractivity contribution in [1.82, 2.24) is 18.7 Å². The minimum atomic E-state index is -3.50. The first-order chi connectivity index (χ1) is 26.5. The number of carbonyl (C=O) groups excluding carboxylic acids is 1. The van der Waals surface area contributed by atoms with E-state index in [2.05, 4.69) is 41.5 Å². The fourth-order valence-corrected chi connectivity index (χ4v) is 9.30. The predicted octanol–water partition coefficient (Wildman–Crippen LogP) is 7.61. The number of rotatable bonds is 14. The Bertz CT molecular complexity index is 2500. The highest BCUT2D eigenvalue weighted by Gasteiger charge is 2.32. The van der Waals surface area contributed by atoms with Crippen LogP contribution in [0.15, 0.2) is 77.7 Å². The Morgan fingerprint density at radius 3 is 2.53 bits per heavy atom. The Labute approximate surface area is 329 Å². The Balaban J connectivity index is 1.20. The number of ether oxygens (including phenoxy) is 3. The van der Waals surface area contributed by atoms with Gasteiger partial charge < -0.3 is 23.9 Å². The summed E-state index contributed by atoms with van der Waals surface area (Å²) in [6, 6.07) is 24.2. The lowest BCUT2D eigenvalue weighted by Crippen LogP contribution is -2.37.